The molecule has 2 aromatic rings. The van der Waals surface area contributed by atoms with Crippen molar-refractivity contribution in [1.29, 1.82) is 0 Å². The topological polar surface area (TPSA) is 78.5 Å². The number of nitrogens with one attached hydrogen (secondary N) is 2. The summed E-state index contributed by atoms with van der Waals surface area (Å²) < 4.78 is 27.0. The maximum absolute atomic E-state index is 12.2. The Bertz CT molecular complexity index is 950. The molecule has 6 nitrogen and oxygen atoms in total. The van der Waals surface area contributed by atoms with E-state index in [0.29, 0.717) is 19.4 Å². The normalized spacial score (nSPS) is 17.1. The maximum atomic E-state index is 12.2. The Balaban J connectivity index is 1.17. The van der Waals surface area contributed by atoms with Gasteiger partial charge in [0.15, 0.2) is 0 Å². The van der Waals surface area contributed by atoms with Gasteiger partial charge in [-0.3, -0.25) is 9.69 Å². The van der Waals surface area contributed by atoms with Gasteiger partial charge in [-0.15, -0.1) is 11.3 Å². The summed E-state index contributed by atoms with van der Waals surface area (Å²) in [4.78, 5) is 16.3. The van der Waals surface area contributed by atoms with Crippen molar-refractivity contribution in [2.24, 2.45) is 0 Å². The zero-order valence-corrected chi connectivity index (χ0v) is 18.0. The fourth-order valence-corrected chi connectivity index (χ4v) is 5.72. The molecule has 1 amide bonds. The molecule has 2 aliphatic rings. The van der Waals surface area contributed by atoms with Crippen molar-refractivity contribution in [2.75, 3.05) is 19.6 Å². The third kappa shape index (κ3) is 5.66. The average molecular weight is 434 g/mol. The molecule has 1 saturated carbocycles. The van der Waals surface area contributed by atoms with Crippen LogP contribution in [-0.2, 0) is 34.2 Å². The number of hydrogen-bond donors (Lipinski definition) is 2. The minimum atomic E-state index is -3.42. The minimum absolute atomic E-state index is 0.0327. The molecule has 0 radical (unpaired) electrons. The van der Waals surface area contributed by atoms with Gasteiger partial charge in [0, 0.05) is 43.5 Å². The SMILES string of the molecule is O=C(CCc1ccc(S(=O)(=O)NC2CC2)cc1)NCCN1CCc2sccc2C1. The van der Waals surface area contributed by atoms with Gasteiger partial charge in [0.2, 0.25) is 15.9 Å². The fraction of sp³-hybridized carbons (Fsp3) is 0.476. The van der Waals surface area contributed by atoms with Crippen LogP contribution in [0.15, 0.2) is 40.6 Å². The highest BCUT2D eigenvalue weighted by atomic mass is 32.2. The summed E-state index contributed by atoms with van der Waals surface area (Å²) in [5, 5.41) is 5.15. The summed E-state index contributed by atoms with van der Waals surface area (Å²) in [6.45, 7) is 3.54. The minimum Gasteiger partial charge on any atom is -0.355 e. The van der Waals surface area contributed by atoms with E-state index >= 15 is 0 Å². The largest absolute Gasteiger partial charge is 0.355 e. The van der Waals surface area contributed by atoms with Gasteiger partial charge in [0.1, 0.15) is 0 Å². The van der Waals surface area contributed by atoms with Gasteiger partial charge in [-0.1, -0.05) is 12.1 Å². The monoisotopic (exact) mass is 433 g/mol. The zero-order valence-electron chi connectivity index (χ0n) is 16.4. The number of rotatable bonds is 9. The molecule has 8 heteroatoms. The molecule has 2 N–H and O–H groups in total. The third-order valence-electron chi connectivity index (χ3n) is 5.41. The Hall–Kier alpha value is -1.74. The number of nitrogens with zero attached hydrogens (tertiary/aromatic N) is 1. The second-order valence-corrected chi connectivity index (χ2v) is 10.5. The summed E-state index contributed by atoms with van der Waals surface area (Å²) in [7, 11) is -3.42. The number of sulfonamides is 1. The Labute approximate surface area is 176 Å². The van der Waals surface area contributed by atoms with E-state index in [1.54, 1.807) is 24.3 Å². The first-order chi connectivity index (χ1) is 14.0. The highest BCUT2D eigenvalue weighted by Gasteiger charge is 2.27. The van der Waals surface area contributed by atoms with Crippen LogP contribution < -0.4 is 10.0 Å². The lowest BCUT2D eigenvalue weighted by atomic mass is 10.1. The lowest BCUT2D eigenvalue weighted by molar-refractivity contribution is -0.121. The molecular formula is C21H27N3O3S2. The highest BCUT2D eigenvalue weighted by molar-refractivity contribution is 7.89. The van der Waals surface area contributed by atoms with Crippen molar-refractivity contribution >= 4 is 27.3 Å². The summed E-state index contributed by atoms with van der Waals surface area (Å²) in [6.07, 6.45) is 3.94. The van der Waals surface area contributed by atoms with E-state index in [2.05, 4.69) is 26.4 Å². The molecule has 0 atom stereocenters. The van der Waals surface area contributed by atoms with Gasteiger partial charge in [-0.2, -0.15) is 0 Å². The number of fused-ring (bicyclic) bond motifs is 1. The van der Waals surface area contributed by atoms with Crippen molar-refractivity contribution in [3.05, 3.63) is 51.7 Å². The molecule has 1 aliphatic heterocycles. The first kappa shape index (κ1) is 20.5. The van der Waals surface area contributed by atoms with Crippen LogP contribution in [0.2, 0.25) is 0 Å². The number of carbonyl (C=O) groups is 1. The first-order valence-electron chi connectivity index (χ1n) is 10.2. The van der Waals surface area contributed by atoms with E-state index in [-0.39, 0.29) is 16.8 Å². The van der Waals surface area contributed by atoms with Gasteiger partial charge in [-0.05, 0) is 60.4 Å². The molecule has 1 aromatic carbocycles. The van der Waals surface area contributed by atoms with Crippen LogP contribution in [-0.4, -0.2) is 44.9 Å². The van der Waals surface area contributed by atoms with Crippen molar-refractivity contribution in [2.45, 2.75) is 49.6 Å². The van der Waals surface area contributed by atoms with Crippen LogP contribution in [0.5, 0.6) is 0 Å². The highest BCUT2D eigenvalue weighted by Crippen LogP contribution is 2.24. The van der Waals surface area contributed by atoms with E-state index < -0.39 is 10.0 Å². The van der Waals surface area contributed by atoms with E-state index in [1.165, 1.54) is 10.4 Å². The molecule has 0 saturated heterocycles. The van der Waals surface area contributed by atoms with Gasteiger partial charge in [0.25, 0.3) is 0 Å². The Morgan fingerprint density at radius 1 is 1.17 bits per heavy atom. The van der Waals surface area contributed by atoms with Crippen LogP contribution in [0, 0.1) is 0 Å². The number of carbonyl (C=O) groups excluding carboxylic acids is 1. The van der Waals surface area contributed by atoms with E-state index in [4.69, 9.17) is 0 Å². The Kier molecular flexibility index (Phi) is 6.34. The number of aryl methyl sites for hydroxylation is 1. The predicted octanol–water partition coefficient (Wildman–Crippen LogP) is 2.30. The quantitative estimate of drug-likeness (QED) is 0.636. The molecule has 156 valence electrons. The Morgan fingerprint density at radius 2 is 1.97 bits per heavy atom. The van der Waals surface area contributed by atoms with Crippen molar-refractivity contribution in [1.82, 2.24) is 14.9 Å². The molecule has 0 unspecified atom stereocenters. The molecule has 29 heavy (non-hydrogen) atoms. The second kappa shape index (κ2) is 8.95. The molecule has 1 aromatic heterocycles. The molecule has 4 rings (SSSR count). The van der Waals surface area contributed by atoms with Crippen molar-refractivity contribution in [3.63, 3.8) is 0 Å². The van der Waals surface area contributed by atoms with Gasteiger partial charge < -0.3 is 5.32 Å². The number of benzene rings is 1. The summed E-state index contributed by atoms with van der Waals surface area (Å²) in [5.74, 6) is 0.0327. The molecule has 1 fully saturated rings. The summed E-state index contributed by atoms with van der Waals surface area (Å²) in [6, 6.07) is 9.12. The van der Waals surface area contributed by atoms with Crippen molar-refractivity contribution < 1.29 is 13.2 Å². The fourth-order valence-electron chi connectivity index (χ4n) is 3.52. The van der Waals surface area contributed by atoms with E-state index in [9.17, 15) is 13.2 Å². The van der Waals surface area contributed by atoms with E-state index in [0.717, 1.165) is 44.5 Å². The first-order valence-corrected chi connectivity index (χ1v) is 12.5. The van der Waals surface area contributed by atoms with Crippen LogP contribution in [0.4, 0.5) is 0 Å². The predicted molar refractivity (Wildman–Crippen MR) is 114 cm³/mol. The second-order valence-electron chi connectivity index (χ2n) is 7.78. The van der Waals surface area contributed by atoms with Crippen LogP contribution in [0.25, 0.3) is 0 Å². The standard InChI is InChI=1S/C21H27N3O3S2/c25-21(22-11-13-24-12-9-20-17(15-24)10-14-28-20)8-3-16-1-6-19(7-2-16)29(26,27)23-18-4-5-18/h1-2,6-7,10,14,18,23H,3-5,8-9,11-13,15H2,(H,22,25). The molecule has 2 heterocycles. The molecule has 1 aliphatic carbocycles. The third-order valence-corrected chi connectivity index (χ3v) is 7.97. The van der Waals surface area contributed by atoms with Crippen LogP contribution >= 0.6 is 11.3 Å². The molecule has 0 bridgehead atoms. The zero-order chi connectivity index (χ0) is 20.3. The summed E-state index contributed by atoms with van der Waals surface area (Å²) >= 11 is 1.83. The van der Waals surface area contributed by atoms with Crippen LogP contribution in [0.3, 0.4) is 0 Å². The Morgan fingerprint density at radius 3 is 2.72 bits per heavy atom. The molecule has 0 spiro atoms. The van der Waals surface area contributed by atoms with Crippen LogP contribution in [0.1, 0.15) is 35.3 Å². The molecular weight excluding hydrogens is 406 g/mol. The maximum Gasteiger partial charge on any atom is 0.240 e. The van der Waals surface area contributed by atoms with Gasteiger partial charge in [0.05, 0.1) is 4.90 Å². The van der Waals surface area contributed by atoms with E-state index in [1.807, 2.05) is 11.3 Å². The lowest BCUT2D eigenvalue weighted by Gasteiger charge is -2.26. The number of hydrogen-bond acceptors (Lipinski definition) is 5. The van der Waals surface area contributed by atoms with Gasteiger partial charge in [-0.25, -0.2) is 13.1 Å². The lowest BCUT2D eigenvalue weighted by Crippen LogP contribution is -2.37. The smallest absolute Gasteiger partial charge is 0.240 e. The van der Waals surface area contributed by atoms with Gasteiger partial charge >= 0.3 is 0 Å². The average Bonchev–Trinajstić information content (AvgIpc) is 3.38. The van der Waals surface area contributed by atoms with Crippen molar-refractivity contribution in [3.8, 4) is 0 Å². The number of thiophene rings is 1. The number of amides is 1. The summed E-state index contributed by atoms with van der Waals surface area (Å²) in [5.41, 5.74) is 2.39.